The van der Waals surface area contributed by atoms with Gasteiger partial charge < -0.3 is 4.74 Å². The Morgan fingerprint density at radius 3 is 2.40 bits per heavy atom. The summed E-state index contributed by atoms with van der Waals surface area (Å²) in [5.41, 5.74) is -0.232. The number of unbranched alkanes of at least 4 members (excludes halogenated alkanes) is 1. The van der Waals surface area contributed by atoms with Gasteiger partial charge in [0.15, 0.2) is 0 Å². The van der Waals surface area contributed by atoms with Crippen molar-refractivity contribution in [2.45, 2.75) is 51.8 Å². The Labute approximate surface area is 204 Å². The second-order valence-corrected chi connectivity index (χ2v) is 8.88. The smallest absolute Gasteiger partial charge is 0.417 e. The van der Waals surface area contributed by atoms with Crippen LogP contribution in [0.25, 0.3) is 10.6 Å². The van der Waals surface area contributed by atoms with E-state index in [-0.39, 0.29) is 17.9 Å². The van der Waals surface area contributed by atoms with Crippen molar-refractivity contribution in [2.24, 2.45) is 0 Å². The Kier molecular flexibility index (Phi) is 8.28. The lowest BCUT2D eigenvalue weighted by molar-refractivity contribution is -0.137. The van der Waals surface area contributed by atoms with E-state index in [2.05, 4.69) is 4.98 Å². The van der Waals surface area contributed by atoms with Crippen LogP contribution in [0.2, 0.25) is 0 Å². The van der Waals surface area contributed by atoms with Gasteiger partial charge in [0.25, 0.3) is 5.92 Å². The highest BCUT2D eigenvalue weighted by Crippen LogP contribution is 2.36. The number of nitriles is 1. The molecule has 184 valence electrons. The van der Waals surface area contributed by atoms with Gasteiger partial charge in [-0.05, 0) is 44.0 Å². The summed E-state index contributed by atoms with van der Waals surface area (Å²) in [6.07, 6.45) is -0.107. The van der Waals surface area contributed by atoms with E-state index in [4.69, 9.17) is 10.00 Å². The molecule has 3 nitrogen and oxygen atoms in total. The number of ether oxygens (including phenoxy) is 1. The van der Waals surface area contributed by atoms with Crippen LogP contribution in [0.3, 0.4) is 0 Å². The maximum absolute atomic E-state index is 14.1. The molecular formula is C26H23F5N2OS. The van der Waals surface area contributed by atoms with E-state index in [9.17, 15) is 22.0 Å². The molecule has 0 aliphatic rings. The molecule has 0 N–H and O–H groups in total. The predicted octanol–water partition coefficient (Wildman–Crippen LogP) is 8.29. The summed E-state index contributed by atoms with van der Waals surface area (Å²) < 4.78 is 73.6. The molecule has 0 unspecified atom stereocenters. The molecule has 35 heavy (non-hydrogen) atoms. The van der Waals surface area contributed by atoms with Gasteiger partial charge in [-0.1, -0.05) is 43.7 Å². The Morgan fingerprint density at radius 2 is 1.80 bits per heavy atom. The highest BCUT2D eigenvalue weighted by Gasteiger charge is 2.34. The number of aromatic nitrogens is 1. The Balaban J connectivity index is 1.86. The van der Waals surface area contributed by atoms with Crippen LogP contribution in [0.15, 0.2) is 54.6 Å². The lowest BCUT2D eigenvalue weighted by Crippen LogP contribution is -2.08. The fourth-order valence-electron chi connectivity index (χ4n) is 3.39. The van der Waals surface area contributed by atoms with Crippen molar-refractivity contribution in [1.82, 2.24) is 4.98 Å². The molecule has 0 atom stereocenters. The van der Waals surface area contributed by atoms with E-state index < -0.39 is 23.2 Å². The zero-order valence-corrected chi connectivity index (χ0v) is 19.9. The van der Waals surface area contributed by atoms with Crippen molar-refractivity contribution < 1.29 is 26.7 Å². The van der Waals surface area contributed by atoms with Gasteiger partial charge in [0.2, 0.25) is 0 Å². The maximum atomic E-state index is 14.1. The van der Waals surface area contributed by atoms with E-state index in [1.807, 2.05) is 6.92 Å². The number of alkyl halides is 5. The zero-order chi connectivity index (χ0) is 25.6. The second kappa shape index (κ2) is 11.0. The van der Waals surface area contributed by atoms with E-state index in [1.165, 1.54) is 42.5 Å². The summed E-state index contributed by atoms with van der Waals surface area (Å²) in [7, 11) is 0. The summed E-state index contributed by atoms with van der Waals surface area (Å²) >= 11 is 1.31. The number of thiazole rings is 1. The van der Waals surface area contributed by atoms with Crippen molar-refractivity contribution >= 4 is 11.3 Å². The van der Waals surface area contributed by atoms with E-state index in [0.29, 0.717) is 17.0 Å². The quantitative estimate of drug-likeness (QED) is 0.217. The number of aryl methyl sites for hydroxylation is 1. The zero-order valence-electron chi connectivity index (χ0n) is 19.1. The lowest BCUT2D eigenvalue weighted by Gasteiger charge is -2.12. The third kappa shape index (κ3) is 6.45. The van der Waals surface area contributed by atoms with Gasteiger partial charge in [0, 0.05) is 11.1 Å². The Morgan fingerprint density at radius 1 is 1.09 bits per heavy atom. The molecule has 3 aromatic rings. The highest BCUT2D eigenvalue weighted by molar-refractivity contribution is 7.15. The first-order valence-electron chi connectivity index (χ1n) is 10.9. The molecule has 1 heterocycles. The molecule has 0 fully saturated rings. The molecule has 0 amide bonds. The number of nitrogens with zero attached hydrogens (tertiary/aromatic N) is 2. The van der Waals surface area contributed by atoms with Crippen LogP contribution in [-0.4, -0.2) is 4.98 Å². The molecule has 0 saturated heterocycles. The standard InChI is InChI=1S/C26H23F5N2OS/c1-3-5-6-22-23(16-34-20-12-9-18(15-32)21(14-20)26(29,30)31)35-24(33-22)17-7-10-19(11-8-17)25(27,28)13-4-2/h4,7-14H,3,5-6,16H2,1-2H3/b13-4+. The minimum Gasteiger partial charge on any atom is -0.488 e. The number of benzene rings is 2. The normalized spacial score (nSPS) is 12.2. The van der Waals surface area contributed by atoms with Gasteiger partial charge in [-0.15, -0.1) is 11.3 Å². The summed E-state index contributed by atoms with van der Waals surface area (Å²) in [6, 6.07) is 10.6. The Bertz CT molecular complexity index is 1220. The van der Waals surface area contributed by atoms with Crippen molar-refractivity contribution in [3.05, 3.63) is 81.9 Å². The lowest BCUT2D eigenvalue weighted by atomic mass is 10.1. The average Bonchev–Trinajstić information content (AvgIpc) is 3.23. The monoisotopic (exact) mass is 506 g/mol. The van der Waals surface area contributed by atoms with Crippen LogP contribution in [0.4, 0.5) is 22.0 Å². The van der Waals surface area contributed by atoms with E-state index >= 15 is 0 Å². The molecule has 0 radical (unpaired) electrons. The summed E-state index contributed by atoms with van der Waals surface area (Å²) in [4.78, 5) is 5.40. The molecule has 0 saturated carbocycles. The van der Waals surface area contributed by atoms with Crippen molar-refractivity contribution in [1.29, 1.82) is 5.26 Å². The van der Waals surface area contributed by atoms with Crippen LogP contribution in [0.5, 0.6) is 5.75 Å². The van der Waals surface area contributed by atoms with Crippen molar-refractivity contribution in [2.75, 3.05) is 0 Å². The predicted molar refractivity (Wildman–Crippen MR) is 125 cm³/mol. The van der Waals surface area contributed by atoms with Gasteiger partial charge in [-0.3, -0.25) is 0 Å². The first kappa shape index (κ1) is 26.4. The molecule has 0 bridgehead atoms. The fourth-order valence-corrected chi connectivity index (χ4v) is 4.42. The summed E-state index contributed by atoms with van der Waals surface area (Å²) in [5, 5.41) is 9.57. The third-order valence-corrected chi connectivity index (χ3v) is 6.35. The number of hydrogen-bond donors (Lipinski definition) is 0. The number of rotatable bonds is 9. The fraction of sp³-hybridized carbons (Fsp3) is 0.308. The SMILES string of the molecule is C/C=C/C(F)(F)c1ccc(-c2nc(CCCC)c(COc3ccc(C#N)c(C(F)(F)F)c3)s2)cc1. The number of halogens is 5. The first-order valence-corrected chi connectivity index (χ1v) is 11.8. The molecule has 9 heteroatoms. The largest absolute Gasteiger partial charge is 0.488 e. The molecule has 0 aliphatic heterocycles. The number of allylic oxidation sites excluding steroid dienone is 2. The number of hydrogen-bond acceptors (Lipinski definition) is 4. The average molecular weight is 507 g/mol. The molecule has 0 spiro atoms. The highest BCUT2D eigenvalue weighted by atomic mass is 32.1. The van der Waals surface area contributed by atoms with Gasteiger partial charge >= 0.3 is 6.18 Å². The molecular weight excluding hydrogens is 483 g/mol. The van der Waals surface area contributed by atoms with E-state index in [0.717, 1.165) is 41.6 Å². The molecule has 0 aliphatic carbocycles. The van der Waals surface area contributed by atoms with Gasteiger partial charge in [0.1, 0.15) is 17.4 Å². The topological polar surface area (TPSA) is 45.9 Å². The second-order valence-electron chi connectivity index (χ2n) is 7.80. The van der Waals surface area contributed by atoms with Crippen LogP contribution < -0.4 is 4.74 Å². The Hall–Kier alpha value is -3.25. The third-order valence-electron chi connectivity index (χ3n) is 5.22. The molecule has 1 aromatic heterocycles. The summed E-state index contributed by atoms with van der Waals surface area (Å²) in [5.74, 6) is -3.08. The summed E-state index contributed by atoms with van der Waals surface area (Å²) in [6.45, 7) is 3.56. The van der Waals surface area contributed by atoms with Crippen LogP contribution in [0.1, 0.15) is 54.0 Å². The van der Waals surface area contributed by atoms with Crippen molar-refractivity contribution in [3.8, 4) is 22.4 Å². The minimum atomic E-state index is -4.68. The van der Waals surface area contributed by atoms with Crippen LogP contribution in [0, 0.1) is 11.3 Å². The van der Waals surface area contributed by atoms with Gasteiger partial charge in [-0.25, -0.2) is 4.98 Å². The van der Waals surface area contributed by atoms with E-state index in [1.54, 1.807) is 18.2 Å². The van der Waals surface area contributed by atoms with Crippen LogP contribution >= 0.6 is 11.3 Å². The first-order chi connectivity index (χ1) is 16.6. The van der Waals surface area contributed by atoms with Gasteiger partial charge in [0.05, 0.1) is 27.8 Å². The maximum Gasteiger partial charge on any atom is 0.417 e. The molecule has 2 aromatic carbocycles. The van der Waals surface area contributed by atoms with Crippen molar-refractivity contribution in [3.63, 3.8) is 0 Å². The molecule has 3 rings (SSSR count). The minimum absolute atomic E-state index is 0.00262. The van der Waals surface area contributed by atoms with Crippen LogP contribution in [-0.2, 0) is 25.1 Å². The van der Waals surface area contributed by atoms with Gasteiger partial charge in [-0.2, -0.15) is 27.2 Å².